The van der Waals surface area contributed by atoms with E-state index in [1.165, 1.54) is 12.8 Å². The summed E-state index contributed by atoms with van der Waals surface area (Å²) >= 11 is 0. The Bertz CT molecular complexity index is 221. The highest BCUT2D eigenvalue weighted by molar-refractivity contribution is 4.91. The Labute approximate surface area is 113 Å². The molecule has 0 aromatic rings. The highest BCUT2D eigenvalue weighted by Crippen LogP contribution is 2.21. The van der Waals surface area contributed by atoms with E-state index in [1.807, 2.05) is 13.8 Å². The van der Waals surface area contributed by atoms with Crippen molar-refractivity contribution < 1.29 is 4.74 Å². The predicted octanol–water partition coefficient (Wildman–Crippen LogP) is 3.50. The second-order valence-electron chi connectivity index (χ2n) is 5.52. The number of unbranched alkanes of at least 4 members (excludes halogenated alkanes) is 2. The molecule has 0 amide bonds. The van der Waals surface area contributed by atoms with Crippen molar-refractivity contribution in [2.45, 2.75) is 59.3 Å². The molecule has 0 unspecified atom stereocenters. The molecule has 3 heteroatoms. The first-order chi connectivity index (χ1) is 8.62. The van der Waals surface area contributed by atoms with E-state index in [0.717, 1.165) is 52.0 Å². The Morgan fingerprint density at radius 3 is 2.39 bits per heavy atom. The first kappa shape index (κ1) is 17.4. The number of nitrogens with one attached hydrogen (secondary N) is 1. The third kappa shape index (κ3) is 11.9. The van der Waals surface area contributed by atoms with E-state index in [9.17, 15) is 0 Å². The quantitative estimate of drug-likeness (QED) is 0.542. The van der Waals surface area contributed by atoms with Crippen LogP contribution >= 0.6 is 0 Å². The Hall–Kier alpha value is -0.590. The van der Waals surface area contributed by atoms with Crippen LogP contribution in [0.1, 0.15) is 59.3 Å². The first-order valence-electron chi connectivity index (χ1n) is 7.32. The SMILES string of the molecule is CCCCOCCCNCCCCC(C)(C)C#N. The number of hydrogen-bond donors (Lipinski definition) is 1. The van der Waals surface area contributed by atoms with E-state index < -0.39 is 0 Å². The molecule has 0 radical (unpaired) electrons. The summed E-state index contributed by atoms with van der Waals surface area (Å²) in [6.07, 6.45) is 6.74. The van der Waals surface area contributed by atoms with Crippen molar-refractivity contribution in [3.63, 3.8) is 0 Å². The van der Waals surface area contributed by atoms with E-state index >= 15 is 0 Å². The maximum atomic E-state index is 8.88. The van der Waals surface area contributed by atoms with Gasteiger partial charge in [0.05, 0.1) is 11.5 Å². The first-order valence-corrected chi connectivity index (χ1v) is 7.32. The minimum absolute atomic E-state index is 0.160. The molecular formula is C15H30N2O. The molecule has 0 aromatic heterocycles. The standard InChI is InChI=1S/C15H30N2O/c1-4-5-12-18-13-8-11-17-10-7-6-9-15(2,3)14-16/h17H,4-13H2,1-3H3. The van der Waals surface area contributed by atoms with Crippen LogP contribution in [-0.4, -0.2) is 26.3 Å². The van der Waals surface area contributed by atoms with Gasteiger partial charge in [0.1, 0.15) is 0 Å². The average molecular weight is 254 g/mol. The Morgan fingerprint density at radius 2 is 1.72 bits per heavy atom. The topological polar surface area (TPSA) is 45.0 Å². The lowest BCUT2D eigenvalue weighted by Crippen LogP contribution is -2.19. The van der Waals surface area contributed by atoms with Gasteiger partial charge in [-0.15, -0.1) is 0 Å². The summed E-state index contributed by atoms with van der Waals surface area (Å²) in [4.78, 5) is 0. The maximum absolute atomic E-state index is 8.88. The van der Waals surface area contributed by atoms with Crippen molar-refractivity contribution >= 4 is 0 Å². The number of rotatable bonds is 12. The summed E-state index contributed by atoms with van der Waals surface area (Å²) in [7, 11) is 0. The number of nitrogens with zero attached hydrogens (tertiary/aromatic N) is 1. The molecule has 0 spiro atoms. The van der Waals surface area contributed by atoms with Crippen LogP contribution in [0.4, 0.5) is 0 Å². The summed E-state index contributed by atoms with van der Waals surface area (Å²) in [5.74, 6) is 0. The molecule has 18 heavy (non-hydrogen) atoms. The molecule has 0 aliphatic carbocycles. The molecule has 0 bridgehead atoms. The van der Waals surface area contributed by atoms with Crippen LogP contribution in [0.15, 0.2) is 0 Å². The minimum Gasteiger partial charge on any atom is -0.381 e. The van der Waals surface area contributed by atoms with Gasteiger partial charge in [-0.25, -0.2) is 0 Å². The van der Waals surface area contributed by atoms with Gasteiger partial charge < -0.3 is 10.1 Å². The van der Waals surface area contributed by atoms with E-state index in [0.29, 0.717) is 0 Å². The van der Waals surface area contributed by atoms with Gasteiger partial charge in [-0.05, 0) is 52.6 Å². The lowest BCUT2D eigenvalue weighted by molar-refractivity contribution is 0.129. The summed E-state index contributed by atoms with van der Waals surface area (Å²) in [5, 5.41) is 12.3. The lowest BCUT2D eigenvalue weighted by Gasteiger charge is -2.14. The van der Waals surface area contributed by atoms with Crippen molar-refractivity contribution in [3.8, 4) is 6.07 Å². The summed E-state index contributed by atoms with van der Waals surface area (Å²) in [6.45, 7) is 10.1. The third-order valence-electron chi connectivity index (χ3n) is 2.99. The molecule has 0 aromatic carbocycles. The van der Waals surface area contributed by atoms with Gasteiger partial charge in [0.2, 0.25) is 0 Å². The largest absolute Gasteiger partial charge is 0.381 e. The number of hydrogen-bond acceptors (Lipinski definition) is 3. The normalized spacial score (nSPS) is 11.4. The molecule has 0 aliphatic heterocycles. The number of nitriles is 1. The summed E-state index contributed by atoms with van der Waals surface area (Å²) in [6, 6.07) is 2.34. The van der Waals surface area contributed by atoms with Crippen LogP contribution in [0.2, 0.25) is 0 Å². The summed E-state index contributed by atoms with van der Waals surface area (Å²) in [5.41, 5.74) is -0.160. The van der Waals surface area contributed by atoms with Crippen LogP contribution < -0.4 is 5.32 Å². The fourth-order valence-corrected chi connectivity index (χ4v) is 1.65. The van der Waals surface area contributed by atoms with Crippen LogP contribution in [0, 0.1) is 16.7 Å². The molecule has 0 saturated carbocycles. The smallest absolute Gasteiger partial charge is 0.0683 e. The third-order valence-corrected chi connectivity index (χ3v) is 2.99. The van der Waals surface area contributed by atoms with Crippen molar-refractivity contribution in [1.82, 2.24) is 5.32 Å². The fraction of sp³-hybridized carbons (Fsp3) is 0.933. The summed E-state index contributed by atoms with van der Waals surface area (Å²) < 4.78 is 5.48. The highest BCUT2D eigenvalue weighted by Gasteiger charge is 2.14. The fourth-order valence-electron chi connectivity index (χ4n) is 1.65. The van der Waals surface area contributed by atoms with E-state index in [2.05, 4.69) is 18.3 Å². The van der Waals surface area contributed by atoms with Crippen molar-refractivity contribution in [1.29, 1.82) is 5.26 Å². The Balaban J connectivity index is 3.11. The molecule has 0 atom stereocenters. The zero-order valence-corrected chi connectivity index (χ0v) is 12.4. The molecule has 1 N–H and O–H groups in total. The van der Waals surface area contributed by atoms with Gasteiger partial charge in [-0.2, -0.15) is 5.26 Å². The zero-order chi connectivity index (χ0) is 13.7. The van der Waals surface area contributed by atoms with Gasteiger partial charge in [0.25, 0.3) is 0 Å². The van der Waals surface area contributed by atoms with E-state index in [4.69, 9.17) is 10.00 Å². The van der Waals surface area contributed by atoms with Crippen LogP contribution in [0.5, 0.6) is 0 Å². The Morgan fingerprint density at radius 1 is 1.06 bits per heavy atom. The molecule has 0 saturated heterocycles. The molecular weight excluding hydrogens is 224 g/mol. The van der Waals surface area contributed by atoms with Gasteiger partial charge in [0.15, 0.2) is 0 Å². The second kappa shape index (κ2) is 11.5. The molecule has 106 valence electrons. The van der Waals surface area contributed by atoms with Crippen LogP contribution in [0.3, 0.4) is 0 Å². The van der Waals surface area contributed by atoms with Gasteiger partial charge >= 0.3 is 0 Å². The van der Waals surface area contributed by atoms with Crippen LogP contribution in [0.25, 0.3) is 0 Å². The molecule has 0 heterocycles. The van der Waals surface area contributed by atoms with Gasteiger partial charge in [-0.1, -0.05) is 19.8 Å². The van der Waals surface area contributed by atoms with Crippen molar-refractivity contribution in [2.24, 2.45) is 5.41 Å². The highest BCUT2D eigenvalue weighted by atomic mass is 16.5. The number of ether oxygens (including phenoxy) is 1. The van der Waals surface area contributed by atoms with Crippen molar-refractivity contribution in [2.75, 3.05) is 26.3 Å². The molecule has 0 aliphatic rings. The molecule has 0 fully saturated rings. The second-order valence-corrected chi connectivity index (χ2v) is 5.52. The van der Waals surface area contributed by atoms with Gasteiger partial charge in [0, 0.05) is 13.2 Å². The molecule has 3 nitrogen and oxygen atoms in total. The predicted molar refractivity (Wildman–Crippen MR) is 76.5 cm³/mol. The average Bonchev–Trinajstić information content (AvgIpc) is 2.36. The zero-order valence-electron chi connectivity index (χ0n) is 12.4. The maximum Gasteiger partial charge on any atom is 0.0683 e. The monoisotopic (exact) mass is 254 g/mol. The molecule has 0 rings (SSSR count). The lowest BCUT2D eigenvalue weighted by atomic mass is 9.89. The minimum atomic E-state index is -0.160. The van der Waals surface area contributed by atoms with E-state index in [1.54, 1.807) is 0 Å². The van der Waals surface area contributed by atoms with E-state index in [-0.39, 0.29) is 5.41 Å². The van der Waals surface area contributed by atoms with Crippen LogP contribution in [-0.2, 0) is 4.74 Å². The van der Waals surface area contributed by atoms with Gasteiger partial charge in [-0.3, -0.25) is 0 Å². The van der Waals surface area contributed by atoms with Crippen molar-refractivity contribution in [3.05, 3.63) is 0 Å². The Kier molecular flexibility index (Phi) is 11.1.